The fraction of sp³-hybridized carbons (Fsp3) is 0.316. The Morgan fingerprint density at radius 2 is 1.90 bits per heavy atom. The number of carbonyl (C=O) groups is 2. The molecule has 1 aromatic carbocycles. The van der Waals surface area contributed by atoms with Gasteiger partial charge in [0, 0.05) is 43.5 Å². The third-order valence-corrected chi connectivity index (χ3v) is 4.30. The zero-order valence-electron chi connectivity index (χ0n) is 15.4. The smallest absolute Gasteiger partial charge is 0.422 e. The van der Waals surface area contributed by atoms with Crippen molar-refractivity contribution in [3.8, 4) is 5.88 Å². The second kappa shape index (κ2) is 8.64. The molecule has 2 amide bonds. The van der Waals surface area contributed by atoms with Crippen molar-refractivity contribution in [2.24, 2.45) is 5.92 Å². The Morgan fingerprint density at radius 3 is 2.57 bits per heavy atom. The Morgan fingerprint density at radius 1 is 1.20 bits per heavy atom. The molecule has 11 heteroatoms. The van der Waals surface area contributed by atoms with Crippen molar-refractivity contribution in [2.75, 3.05) is 18.1 Å². The van der Waals surface area contributed by atoms with Crippen LogP contribution in [-0.4, -0.2) is 36.1 Å². The van der Waals surface area contributed by atoms with Crippen LogP contribution in [0.2, 0.25) is 0 Å². The van der Waals surface area contributed by atoms with E-state index in [0.717, 1.165) is 17.0 Å². The fourth-order valence-corrected chi connectivity index (χ4v) is 2.96. The largest absolute Gasteiger partial charge is 0.468 e. The van der Waals surface area contributed by atoms with Crippen molar-refractivity contribution in [3.63, 3.8) is 0 Å². The summed E-state index contributed by atoms with van der Waals surface area (Å²) in [5, 5.41) is 2.58. The van der Waals surface area contributed by atoms with Crippen molar-refractivity contribution in [2.45, 2.75) is 19.1 Å². The lowest BCUT2D eigenvalue weighted by Gasteiger charge is -2.17. The molecule has 0 spiro atoms. The molecule has 2 aromatic rings. The maximum Gasteiger partial charge on any atom is 0.422 e. The molecule has 0 bridgehead atoms. The SMILES string of the molecule is O=C(NCc1ccnc(OCC(F)(F)F)c1)C1CC(=O)N(c2cc(F)cc(F)c2)C1. The number of anilines is 1. The highest BCUT2D eigenvalue weighted by molar-refractivity contribution is 6.00. The van der Waals surface area contributed by atoms with Crippen molar-refractivity contribution in [3.05, 3.63) is 53.7 Å². The van der Waals surface area contributed by atoms with Gasteiger partial charge in [-0.1, -0.05) is 0 Å². The van der Waals surface area contributed by atoms with Gasteiger partial charge in [-0.2, -0.15) is 13.2 Å². The minimum atomic E-state index is -4.50. The van der Waals surface area contributed by atoms with Crippen LogP contribution in [0.3, 0.4) is 0 Å². The molecule has 30 heavy (non-hydrogen) atoms. The van der Waals surface area contributed by atoms with Crippen molar-refractivity contribution >= 4 is 17.5 Å². The Bertz CT molecular complexity index is 931. The zero-order chi connectivity index (χ0) is 21.9. The van der Waals surface area contributed by atoms with Crippen LogP contribution in [0.1, 0.15) is 12.0 Å². The summed E-state index contributed by atoms with van der Waals surface area (Å²) in [6, 6.07) is 5.42. The van der Waals surface area contributed by atoms with Crippen LogP contribution in [0.5, 0.6) is 5.88 Å². The number of hydrogen-bond donors (Lipinski definition) is 1. The summed E-state index contributed by atoms with van der Waals surface area (Å²) < 4.78 is 68.0. The summed E-state index contributed by atoms with van der Waals surface area (Å²) in [4.78, 5) is 29.3. The Balaban J connectivity index is 1.57. The molecule has 1 N–H and O–H groups in total. The number of pyridine rings is 1. The highest BCUT2D eigenvalue weighted by Gasteiger charge is 2.35. The van der Waals surface area contributed by atoms with E-state index in [2.05, 4.69) is 15.0 Å². The number of amides is 2. The van der Waals surface area contributed by atoms with E-state index in [9.17, 15) is 31.5 Å². The Labute approximate surface area is 167 Å². The quantitative estimate of drug-likeness (QED) is 0.717. The highest BCUT2D eigenvalue weighted by Crippen LogP contribution is 2.27. The second-order valence-electron chi connectivity index (χ2n) is 6.66. The summed E-state index contributed by atoms with van der Waals surface area (Å²) >= 11 is 0. The fourth-order valence-electron chi connectivity index (χ4n) is 2.96. The second-order valence-corrected chi connectivity index (χ2v) is 6.66. The van der Waals surface area contributed by atoms with Crippen LogP contribution in [0.4, 0.5) is 27.6 Å². The number of rotatable bonds is 6. The lowest BCUT2D eigenvalue weighted by molar-refractivity contribution is -0.154. The molecule has 3 rings (SSSR count). The summed E-state index contributed by atoms with van der Waals surface area (Å²) in [7, 11) is 0. The van der Waals surface area contributed by atoms with E-state index in [1.54, 1.807) is 0 Å². The lowest BCUT2D eigenvalue weighted by atomic mass is 10.1. The molecule has 1 aliphatic heterocycles. The first kappa shape index (κ1) is 21.5. The molecule has 6 nitrogen and oxygen atoms in total. The Hall–Kier alpha value is -3.24. The molecule has 2 heterocycles. The first-order valence-corrected chi connectivity index (χ1v) is 8.79. The monoisotopic (exact) mass is 429 g/mol. The molecule has 1 aromatic heterocycles. The average molecular weight is 429 g/mol. The van der Waals surface area contributed by atoms with Crippen LogP contribution >= 0.6 is 0 Å². The van der Waals surface area contributed by atoms with E-state index < -0.39 is 42.1 Å². The summed E-state index contributed by atoms with van der Waals surface area (Å²) in [5.74, 6) is -3.59. The van der Waals surface area contributed by atoms with Gasteiger partial charge < -0.3 is 15.0 Å². The normalized spacial score (nSPS) is 16.6. The summed E-state index contributed by atoms with van der Waals surface area (Å²) in [6.07, 6.45) is -3.40. The van der Waals surface area contributed by atoms with Gasteiger partial charge >= 0.3 is 6.18 Å². The van der Waals surface area contributed by atoms with Gasteiger partial charge in [-0.25, -0.2) is 13.8 Å². The van der Waals surface area contributed by atoms with E-state index in [0.29, 0.717) is 11.6 Å². The number of hydrogen-bond acceptors (Lipinski definition) is 4. The van der Waals surface area contributed by atoms with Gasteiger partial charge in [0.15, 0.2) is 6.61 Å². The van der Waals surface area contributed by atoms with E-state index >= 15 is 0 Å². The number of nitrogens with one attached hydrogen (secondary N) is 1. The predicted molar refractivity (Wildman–Crippen MR) is 94.5 cm³/mol. The van der Waals surface area contributed by atoms with Crippen molar-refractivity contribution in [1.82, 2.24) is 10.3 Å². The molecular formula is C19H16F5N3O3. The van der Waals surface area contributed by atoms with Gasteiger partial charge in [-0.05, 0) is 23.8 Å². The standard InChI is InChI=1S/C19H16F5N3O3/c20-13-5-14(21)7-15(6-13)27-9-12(4-17(27)28)18(29)26-8-11-1-2-25-16(3-11)30-10-19(22,23)24/h1-3,5-7,12H,4,8-10H2,(H,26,29). The molecule has 1 aliphatic rings. The number of halogens is 5. The number of benzene rings is 1. The van der Waals surface area contributed by atoms with Crippen LogP contribution < -0.4 is 15.0 Å². The number of alkyl halides is 3. The minimum absolute atomic E-state index is 0.0217. The van der Waals surface area contributed by atoms with Crippen LogP contribution in [0.25, 0.3) is 0 Å². The molecule has 160 valence electrons. The van der Waals surface area contributed by atoms with Crippen LogP contribution in [0.15, 0.2) is 36.5 Å². The van der Waals surface area contributed by atoms with Crippen molar-refractivity contribution < 1.29 is 36.3 Å². The number of carbonyl (C=O) groups excluding carboxylic acids is 2. The average Bonchev–Trinajstić information content (AvgIpc) is 3.05. The number of nitrogens with zero attached hydrogens (tertiary/aromatic N) is 2. The van der Waals surface area contributed by atoms with Crippen LogP contribution in [0, 0.1) is 17.6 Å². The Kier molecular flexibility index (Phi) is 6.18. The van der Waals surface area contributed by atoms with E-state index in [1.807, 2.05) is 0 Å². The maximum atomic E-state index is 13.4. The lowest BCUT2D eigenvalue weighted by Crippen LogP contribution is -2.32. The zero-order valence-corrected chi connectivity index (χ0v) is 15.4. The number of ether oxygens (including phenoxy) is 1. The topological polar surface area (TPSA) is 71.5 Å². The highest BCUT2D eigenvalue weighted by atomic mass is 19.4. The summed E-state index contributed by atoms with van der Waals surface area (Å²) in [5.41, 5.74) is 0.470. The summed E-state index contributed by atoms with van der Waals surface area (Å²) in [6.45, 7) is -1.57. The van der Waals surface area contributed by atoms with Crippen LogP contribution in [-0.2, 0) is 16.1 Å². The van der Waals surface area contributed by atoms with Gasteiger partial charge in [0.05, 0.1) is 5.92 Å². The molecule has 1 unspecified atom stereocenters. The van der Waals surface area contributed by atoms with Gasteiger partial charge in [0.1, 0.15) is 11.6 Å². The first-order valence-electron chi connectivity index (χ1n) is 8.79. The molecule has 0 saturated carbocycles. The van der Waals surface area contributed by atoms with E-state index in [4.69, 9.17) is 0 Å². The third-order valence-electron chi connectivity index (χ3n) is 4.30. The molecule has 0 radical (unpaired) electrons. The van der Waals surface area contributed by atoms with E-state index in [1.165, 1.54) is 18.3 Å². The molecule has 1 atom stereocenters. The van der Waals surface area contributed by atoms with Gasteiger partial charge in [0.2, 0.25) is 17.7 Å². The predicted octanol–water partition coefficient (Wildman–Crippen LogP) is 2.97. The molecular weight excluding hydrogens is 413 g/mol. The van der Waals surface area contributed by atoms with Gasteiger partial charge in [-0.3, -0.25) is 9.59 Å². The molecule has 0 aliphatic carbocycles. The number of aromatic nitrogens is 1. The first-order chi connectivity index (χ1) is 14.1. The van der Waals surface area contributed by atoms with E-state index in [-0.39, 0.29) is 31.1 Å². The molecule has 1 fully saturated rings. The van der Waals surface area contributed by atoms with Crippen molar-refractivity contribution in [1.29, 1.82) is 0 Å². The minimum Gasteiger partial charge on any atom is -0.468 e. The van der Waals surface area contributed by atoms with Gasteiger partial charge in [0.25, 0.3) is 0 Å². The molecule has 1 saturated heterocycles. The van der Waals surface area contributed by atoms with Gasteiger partial charge in [-0.15, -0.1) is 0 Å². The maximum absolute atomic E-state index is 13.4. The third kappa shape index (κ3) is 5.65.